The van der Waals surface area contributed by atoms with Gasteiger partial charge in [-0.15, -0.1) is 11.8 Å². The quantitative estimate of drug-likeness (QED) is 0.770. The topological polar surface area (TPSA) is 96.0 Å². The second-order valence-corrected chi connectivity index (χ2v) is 6.10. The molecular weight excluding hydrogens is 328 g/mol. The van der Waals surface area contributed by atoms with Crippen LogP contribution in [-0.2, 0) is 4.79 Å². The maximum Gasteiger partial charge on any atom is 0.338 e. The summed E-state index contributed by atoms with van der Waals surface area (Å²) in [5.74, 6) is 2.00. The standard InChI is InChI=1S/C15H18N6O2S/c1-2-6-13(22)18-21-10-24-9-12(21)14(11-7-4-3-5-8-11)23-15-16-19-20-17-15/h3-5,7-8H,2,6,9-10H2,1H3,(H,18,22)(H,16,17,19,20)/b14-12-. The molecule has 0 unspecified atom stereocenters. The van der Waals surface area contributed by atoms with Crippen molar-refractivity contribution in [3.05, 3.63) is 41.6 Å². The van der Waals surface area contributed by atoms with Gasteiger partial charge in [0.05, 0.1) is 11.6 Å². The smallest absolute Gasteiger partial charge is 0.338 e. The summed E-state index contributed by atoms with van der Waals surface area (Å²) >= 11 is 1.70. The number of hydrogen-bond acceptors (Lipinski definition) is 7. The lowest BCUT2D eigenvalue weighted by Gasteiger charge is -2.22. The van der Waals surface area contributed by atoms with Crippen molar-refractivity contribution < 1.29 is 9.53 Å². The average Bonchev–Trinajstić information content (AvgIpc) is 3.25. The van der Waals surface area contributed by atoms with Gasteiger partial charge in [0.15, 0.2) is 5.76 Å². The summed E-state index contributed by atoms with van der Waals surface area (Å²) in [5, 5.41) is 15.3. The van der Waals surface area contributed by atoms with Crippen LogP contribution in [0.2, 0.25) is 0 Å². The molecule has 8 nitrogen and oxygen atoms in total. The molecule has 2 aromatic rings. The molecule has 1 aromatic carbocycles. The Bertz CT molecular complexity index is 704. The van der Waals surface area contributed by atoms with Crippen molar-refractivity contribution in [1.29, 1.82) is 0 Å². The van der Waals surface area contributed by atoms with Crippen molar-refractivity contribution in [2.45, 2.75) is 19.8 Å². The van der Waals surface area contributed by atoms with Gasteiger partial charge in [0.1, 0.15) is 0 Å². The molecule has 0 atom stereocenters. The van der Waals surface area contributed by atoms with Crippen LogP contribution < -0.4 is 10.2 Å². The Labute approximate surface area is 143 Å². The van der Waals surface area contributed by atoms with Crippen molar-refractivity contribution in [2.24, 2.45) is 0 Å². The van der Waals surface area contributed by atoms with E-state index in [1.165, 1.54) is 0 Å². The number of hydrogen-bond donors (Lipinski definition) is 2. The molecule has 0 bridgehead atoms. The molecule has 1 aliphatic heterocycles. The molecule has 1 saturated heterocycles. The number of benzene rings is 1. The number of aromatic amines is 1. The number of amides is 1. The lowest BCUT2D eigenvalue weighted by Crippen LogP contribution is -2.39. The van der Waals surface area contributed by atoms with E-state index in [-0.39, 0.29) is 11.9 Å². The summed E-state index contributed by atoms with van der Waals surface area (Å²) in [4.78, 5) is 12.0. The first-order valence-electron chi connectivity index (χ1n) is 7.63. The number of thioether (sulfide) groups is 1. The van der Waals surface area contributed by atoms with Crippen molar-refractivity contribution in [3.8, 4) is 6.01 Å². The molecule has 126 valence electrons. The highest BCUT2D eigenvalue weighted by Gasteiger charge is 2.26. The lowest BCUT2D eigenvalue weighted by atomic mass is 10.1. The molecule has 3 rings (SSSR count). The van der Waals surface area contributed by atoms with Gasteiger partial charge in [0.25, 0.3) is 0 Å². The molecule has 2 N–H and O–H groups in total. The van der Waals surface area contributed by atoms with E-state index in [2.05, 4.69) is 26.0 Å². The number of hydrazine groups is 1. The minimum Gasteiger partial charge on any atom is -0.421 e. The van der Waals surface area contributed by atoms with Gasteiger partial charge in [-0.05, 0) is 16.8 Å². The minimum atomic E-state index is -0.00811. The van der Waals surface area contributed by atoms with Crippen molar-refractivity contribution in [2.75, 3.05) is 11.6 Å². The predicted molar refractivity (Wildman–Crippen MR) is 90.4 cm³/mol. The second kappa shape index (κ2) is 7.82. The van der Waals surface area contributed by atoms with Crippen LogP contribution in [0.4, 0.5) is 0 Å². The fourth-order valence-corrected chi connectivity index (χ4v) is 3.25. The maximum absolute atomic E-state index is 12.0. The summed E-state index contributed by atoms with van der Waals surface area (Å²) in [6.07, 6.45) is 1.29. The number of ether oxygens (including phenoxy) is 1. The highest BCUT2D eigenvalue weighted by Crippen LogP contribution is 2.30. The average molecular weight is 346 g/mol. The third-order valence-corrected chi connectivity index (χ3v) is 4.26. The van der Waals surface area contributed by atoms with Crippen LogP contribution in [0, 0.1) is 0 Å². The first-order valence-corrected chi connectivity index (χ1v) is 8.78. The van der Waals surface area contributed by atoms with Crippen LogP contribution in [-0.4, -0.2) is 43.2 Å². The van der Waals surface area contributed by atoms with E-state index in [0.717, 1.165) is 23.4 Å². The molecule has 0 aliphatic carbocycles. The van der Waals surface area contributed by atoms with Crippen molar-refractivity contribution in [1.82, 2.24) is 31.1 Å². The molecule has 1 fully saturated rings. The number of nitrogens with one attached hydrogen (secondary N) is 2. The monoisotopic (exact) mass is 346 g/mol. The Morgan fingerprint density at radius 1 is 1.42 bits per heavy atom. The largest absolute Gasteiger partial charge is 0.421 e. The molecule has 1 aliphatic rings. The van der Waals surface area contributed by atoms with E-state index in [1.54, 1.807) is 11.8 Å². The molecule has 2 heterocycles. The molecule has 1 amide bonds. The van der Waals surface area contributed by atoms with E-state index in [4.69, 9.17) is 4.74 Å². The molecular formula is C15H18N6O2S. The normalized spacial score (nSPS) is 16.1. The zero-order valence-corrected chi connectivity index (χ0v) is 14.0. The molecule has 0 spiro atoms. The van der Waals surface area contributed by atoms with Crippen LogP contribution in [0.1, 0.15) is 25.3 Å². The molecule has 1 aromatic heterocycles. The summed E-state index contributed by atoms with van der Waals surface area (Å²) in [7, 11) is 0. The SMILES string of the molecule is CCCC(=O)NN1CSC/C1=C(/Oc1nnn[nH]1)c1ccccc1. The number of H-pyrrole nitrogens is 1. The number of aromatic nitrogens is 4. The third kappa shape index (κ3) is 3.85. The minimum absolute atomic E-state index is 0.00811. The van der Waals surface area contributed by atoms with Gasteiger partial charge in [0, 0.05) is 17.7 Å². The van der Waals surface area contributed by atoms with E-state index in [1.807, 2.05) is 42.3 Å². The van der Waals surface area contributed by atoms with Crippen LogP contribution >= 0.6 is 11.8 Å². The van der Waals surface area contributed by atoms with Crippen LogP contribution in [0.15, 0.2) is 36.0 Å². The molecule has 9 heteroatoms. The third-order valence-electron chi connectivity index (χ3n) is 3.34. The van der Waals surface area contributed by atoms with Gasteiger partial charge in [-0.1, -0.05) is 42.4 Å². The van der Waals surface area contributed by atoms with Crippen LogP contribution in [0.5, 0.6) is 6.01 Å². The number of rotatable bonds is 6. The van der Waals surface area contributed by atoms with Crippen molar-refractivity contribution in [3.63, 3.8) is 0 Å². The fraction of sp³-hybridized carbons (Fsp3) is 0.333. The van der Waals surface area contributed by atoms with Crippen molar-refractivity contribution >= 4 is 23.4 Å². The Kier molecular flexibility index (Phi) is 5.32. The second-order valence-electron chi connectivity index (χ2n) is 5.14. The summed E-state index contributed by atoms with van der Waals surface area (Å²) < 4.78 is 5.88. The van der Waals surface area contributed by atoms with E-state index in [9.17, 15) is 4.79 Å². The van der Waals surface area contributed by atoms with E-state index < -0.39 is 0 Å². The number of carbonyl (C=O) groups is 1. The molecule has 0 radical (unpaired) electrons. The predicted octanol–water partition coefficient (Wildman–Crippen LogP) is 1.78. The van der Waals surface area contributed by atoms with Gasteiger partial charge >= 0.3 is 6.01 Å². The van der Waals surface area contributed by atoms with Gasteiger partial charge in [-0.3, -0.25) is 15.2 Å². The first-order chi connectivity index (χ1) is 11.8. The van der Waals surface area contributed by atoms with Gasteiger partial charge < -0.3 is 4.74 Å². The first kappa shape index (κ1) is 16.3. The lowest BCUT2D eigenvalue weighted by molar-refractivity contribution is -0.124. The number of tetrazole rings is 1. The zero-order valence-electron chi connectivity index (χ0n) is 13.2. The van der Waals surface area contributed by atoms with Gasteiger partial charge in [-0.2, -0.15) is 0 Å². The highest BCUT2D eigenvalue weighted by atomic mass is 32.2. The highest BCUT2D eigenvalue weighted by molar-refractivity contribution is 7.99. The summed E-state index contributed by atoms with van der Waals surface area (Å²) in [6.45, 7) is 1.98. The van der Waals surface area contributed by atoms with E-state index >= 15 is 0 Å². The number of carbonyl (C=O) groups excluding carboxylic acids is 1. The van der Waals surface area contributed by atoms with Gasteiger partial charge in [-0.25, -0.2) is 5.10 Å². The zero-order chi connectivity index (χ0) is 16.8. The maximum atomic E-state index is 12.0. The van der Waals surface area contributed by atoms with Crippen LogP contribution in [0.3, 0.4) is 0 Å². The van der Waals surface area contributed by atoms with Gasteiger partial charge in [0.2, 0.25) is 5.91 Å². The molecule has 24 heavy (non-hydrogen) atoms. The summed E-state index contributed by atoms with van der Waals surface area (Å²) in [6, 6.07) is 9.90. The Morgan fingerprint density at radius 2 is 2.25 bits per heavy atom. The van der Waals surface area contributed by atoms with Crippen LogP contribution in [0.25, 0.3) is 5.76 Å². The number of nitrogens with zero attached hydrogens (tertiary/aromatic N) is 4. The summed E-state index contributed by atoms with van der Waals surface area (Å²) in [5.41, 5.74) is 4.71. The fourth-order valence-electron chi connectivity index (χ4n) is 2.28. The Morgan fingerprint density at radius 3 is 2.96 bits per heavy atom. The van der Waals surface area contributed by atoms with E-state index in [0.29, 0.717) is 18.1 Å². The Balaban J connectivity index is 1.92. The Hall–Kier alpha value is -2.55. The molecule has 0 saturated carbocycles.